The Hall–Kier alpha value is -6.72. The summed E-state index contributed by atoms with van der Waals surface area (Å²) in [5.41, 5.74) is 10.5. The van der Waals surface area contributed by atoms with E-state index in [1.165, 1.54) is 0 Å². The smallest absolute Gasteiger partial charge is 0.235 e. The zero-order valence-corrected chi connectivity index (χ0v) is 26.1. The third kappa shape index (κ3) is 3.75. The Kier molecular flexibility index (Phi) is 5.32. The van der Waals surface area contributed by atoms with Crippen molar-refractivity contribution < 1.29 is 8.83 Å². The summed E-state index contributed by atoms with van der Waals surface area (Å²) in [6.45, 7) is 0. The molecule has 4 aromatic heterocycles. The van der Waals surface area contributed by atoms with Crippen molar-refractivity contribution >= 4 is 76.6 Å². The minimum atomic E-state index is 0.619. The highest BCUT2D eigenvalue weighted by molar-refractivity contribution is 6.24. The van der Waals surface area contributed by atoms with E-state index >= 15 is 0 Å². The van der Waals surface area contributed by atoms with Crippen molar-refractivity contribution in [3.8, 4) is 28.3 Å². The SMILES string of the molecule is c1ccc2c(-c3ccc(-c4cccc5c4oc4ccccc45)cc3)nc(-n3c4ccccc4c4ccc5oc6ccccc6c5c43)nc2c1. The zero-order chi connectivity index (χ0) is 32.1. The van der Waals surface area contributed by atoms with Gasteiger partial charge in [-0.1, -0.05) is 115 Å². The van der Waals surface area contributed by atoms with E-state index in [4.69, 9.17) is 18.8 Å². The molecule has 0 unspecified atom stereocenters. The maximum Gasteiger partial charge on any atom is 0.235 e. The lowest BCUT2D eigenvalue weighted by Gasteiger charge is -2.12. The van der Waals surface area contributed by atoms with Gasteiger partial charge in [-0.2, -0.15) is 0 Å². The number of hydrogen-bond donors (Lipinski definition) is 0. The van der Waals surface area contributed by atoms with Crippen LogP contribution in [-0.2, 0) is 0 Å². The summed E-state index contributed by atoms with van der Waals surface area (Å²) in [5, 5.41) is 7.66. The summed E-state index contributed by atoms with van der Waals surface area (Å²) in [6.07, 6.45) is 0. The van der Waals surface area contributed by atoms with Gasteiger partial charge in [0.15, 0.2) is 0 Å². The Morgan fingerprint density at radius 1 is 0.429 bits per heavy atom. The van der Waals surface area contributed by atoms with Crippen LogP contribution in [-0.4, -0.2) is 14.5 Å². The molecule has 0 bridgehead atoms. The molecule has 0 atom stereocenters. The predicted octanol–water partition coefficient (Wildman–Crippen LogP) is 11.9. The maximum atomic E-state index is 6.36. The minimum absolute atomic E-state index is 0.619. The van der Waals surface area contributed by atoms with E-state index in [0.717, 1.165) is 99.0 Å². The summed E-state index contributed by atoms with van der Waals surface area (Å²) < 4.78 is 14.9. The van der Waals surface area contributed by atoms with Crippen LogP contribution in [0.5, 0.6) is 0 Å². The summed E-state index contributed by atoms with van der Waals surface area (Å²) in [4.78, 5) is 10.6. The fourth-order valence-electron chi connectivity index (χ4n) is 7.64. The first-order chi connectivity index (χ1) is 24.3. The van der Waals surface area contributed by atoms with Crippen LogP contribution < -0.4 is 0 Å². The van der Waals surface area contributed by atoms with Gasteiger partial charge in [0, 0.05) is 43.4 Å². The van der Waals surface area contributed by atoms with Gasteiger partial charge < -0.3 is 8.83 Å². The van der Waals surface area contributed by atoms with Gasteiger partial charge in [-0.15, -0.1) is 0 Å². The third-order valence-corrected chi connectivity index (χ3v) is 9.84. The van der Waals surface area contributed by atoms with Gasteiger partial charge in [0.25, 0.3) is 0 Å². The first-order valence-electron chi connectivity index (χ1n) is 16.4. The van der Waals surface area contributed by atoms with Gasteiger partial charge in [0.2, 0.25) is 5.95 Å². The molecule has 228 valence electrons. The highest BCUT2D eigenvalue weighted by Crippen LogP contribution is 2.41. The second-order valence-electron chi connectivity index (χ2n) is 12.5. The molecule has 49 heavy (non-hydrogen) atoms. The van der Waals surface area contributed by atoms with Crippen LogP contribution in [0.15, 0.2) is 160 Å². The number of aromatic nitrogens is 3. The molecule has 11 rings (SSSR count). The van der Waals surface area contributed by atoms with Crippen molar-refractivity contribution in [3.63, 3.8) is 0 Å². The summed E-state index contributed by atoms with van der Waals surface area (Å²) in [7, 11) is 0. The highest BCUT2D eigenvalue weighted by atomic mass is 16.3. The molecule has 0 N–H and O–H groups in total. The Morgan fingerprint density at radius 2 is 1.10 bits per heavy atom. The number of para-hydroxylation sites is 5. The first kappa shape index (κ1) is 26.4. The highest BCUT2D eigenvalue weighted by Gasteiger charge is 2.21. The van der Waals surface area contributed by atoms with Crippen molar-refractivity contribution in [2.24, 2.45) is 0 Å². The quantitative estimate of drug-likeness (QED) is 0.196. The normalized spacial score (nSPS) is 12.1. The molecule has 7 aromatic carbocycles. The Labute approximate surface area is 279 Å². The average Bonchev–Trinajstić information content (AvgIpc) is 3.84. The van der Waals surface area contributed by atoms with Crippen molar-refractivity contribution in [1.29, 1.82) is 0 Å². The molecular formula is C44H25N3O2. The number of nitrogens with zero attached hydrogens (tertiary/aromatic N) is 3. The molecule has 0 amide bonds. The molecule has 0 saturated heterocycles. The lowest BCUT2D eigenvalue weighted by atomic mass is 9.99. The molecule has 0 fully saturated rings. The molecule has 0 spiro atoms. The number of fused-ring (bicyclic) bond motifs is 11. The van der Waals surface area contributed by atoms with Gasteiger partial charge in [-0.3, -0.25) is 4.57 Å². The number of hydrogen-bond acceptors (Lipinski definition) is 4. The molecular weight excluding hydrogens is 603 g/mol. The number of rotatable bonds is 3. The van der Waals surface area contributed by atoms with Gasteiger partial charge in [-0.05, 0) is 42.0 Å². The molecule has 0 saturated carbocycles. The van der Waals surface area contributed by atoms with E-state index < -0.39 is 0 Å². The van der Waals surface area contributed by atoms with Crippen LogP contribution in [0.3, 0.4) is 0 Å². The van der Waals surface area contributed by atoms with Crippen LogP contribution in [0.4, 0.5) is 0 Å². The molecule has 0 aliphatic carbocycles. The lowest BCUT2D eigenvalue weighted by Crippen LogP contribution is -2.03. The van der Waals surface area contributed by atoms with Crippen LogP contribution >= 0.6 is 0 Å². The second kappa shape index (κ2) is 9.89. The minimum Gasteiger partial charge on any atom is -0.456 e. The van der Waals surface area contributed by atoms with E-state index in [9.17, 15) is 0 Å². The van der Waals surface area contributed by atoms with Crippen LogP contribution in [0.25, 0.3) is 105 Å². The fourth-order valence-corrected chi connectivity index (χ4v) is 7.64. The third-order valence-electron chi connectivity index (χ3n) is 9.84. The van der Waals surface area contributed by atoms with Crippen molar-refractivity contribution in [3.05, 3.63) is 152 Å². The standard InChI is InChI=1S/C44H25N3O2/c1-5-16-35-33(12-1)41(27-22-20-26(21-23-27)28-14-9-15-32-30-11-3-7-18-37(30)49-43(28)32)46-44(45-35)47-36-17-6-2-10-29(36)31-24-25-39-40(42(31)47)34-13-4-8-19-38(34)48-39/h1-25H. The van der Waals surface area contributed by atoms with E-state index in [1.807, 2.05) is 36.4 Å². The van der Waals surface area contributed by atoms with E-state index in [1.54, 1.807) is 0 Å². The van der Waals surface area contributed by atoms with E-state index in [0.29, 0.717) is 5.95 Å². The Morgan fingerprint density at radius 3 is 1.96 bits per heavy atom. The van der Waals surface area contributed by atoms with Crippen molar-refractivity contribution in [2.75, 3.05) is 0 Å². The molecule has 0 aliphatic heterocycles. The van der Waals surface area contributed by atoms with Gasteiger partial charge in [0.1, 0.15) is 22.3 Å². The monoisotopic (exact) mass is 627 g/mol. The molecule has 5 nitrogen and oxygen atoms in total. The molecule has 4 heterocycles. The largest absolute Gasteiger partial charge is 0.456 e. The van der Waals surface area contributed by atoms with Crippen LogP contribution in [0, 0.1) is 0 Å². The summed E-state index contributed by atoms with van der Waals surface area (Å²) in [5.74, 6) is 0.619. The summed E-state index contributed by atoms with van der Waals surface area (Å²) >= 11 is 0. The second-order valence-corrected chi connectivity index (χ2v) is 12.5. The van der Waals surface area contributed by atoms with E-state index in [-0.39, 0.29) is 0 Å². The zero-order valence-electron chi connectivity index (χ0n) is 26.1. The van der Waals surface area contributed by atoms with E-state index in [2.05, 4.69) is 120 Å². The predicted molar refractivity (Wildman–Crippen MR) is 199 cm³/mol. The molecule has 11 aromatic rings. The van der Waals surface area contributed by atoms with Crippen LogP contribution in [0.1, 0.15) is 0 Å². The average molecular weight is 628 g/mol. The van der Waals surface area contributed by atoms with Gasteiger partial charge in [0.05, 0.1) is 27.6 Å². The van der Waals surface area contributed by atoms with Gasteiger partial charge >= 0.3 is 0 Å². The number of benzene rings is 7. The summed E-state index contributed by atoms with van der Waals surface area (Å²) in [6, 6.07) is 52.4. The first-order valence-corrected chi connectivity index (χ1v) is 16.4. The molecule has 0 radical (unpaired) electrons. The molecule has 0 aliphatic rings. The number of furan rings is 2. The van der Waals surface area contributed by atoms with Crippen molar-refractivity contribution in [2.45, 2.75) is 0 Å². The van der Waals surface area contributed by atoms with Gasteiger partial charge in [-0.25, -0.2) is 9.97 Å². The lowest BCUT2D eigenvalue weighted by molar-refractivity contribution is 0.669. The Balaban J connectivity index is 1.15. The topological polar surface area (TPSA) is 57.0 Å². The molecule has 5 heteroatoms. The fraction of sp³-hybridized carbons (Fsp3) is 0. The Bertz CT molecular complexity index is 3110. The van der Waals surface area contributed by atoms with Crippen molar-refractivity contribution in [1.82, 2.24) is 14.5 Å². The van der Waals surface area contributed by atoms with Crippen LogP contribution in [0.2, 0.25) is 0 Å². The maximum absolute atomic E-state index is 6.36.